The topological polar surface area (TPSA) is 42.4 Å². The van der Waals surface area contributed by atoms with Crippen molar-refractivity contribution >= 4 is 15.9 Å². The zero-order valence-corrected chi connectivity index (χ0v) is 12.0. The first kappa shape index (κ1) is 14.6. The highest BCUT2D eigenvalue weighted by Gasteiger charge is 2.19. The van der Waals surface area contributed by atoms with Gasteiger partial charge in [-0.15, -0.1) is 0 Å². The number of nitrogens with zero attached hydrogens (tertiary/aromatic N) is 1. The van der Waals surface area contributed by atoms with Crippen molar-refractivity contribution in [3.63, 3.8) is 0 Å². The van der Waals surface area contributed by atoms with Gasteiger partial charge in [-0.1, -0.05) is 13.3 Å². The molecule has 1 N–H and O–H groups in total. The van der Waals surface area contributed by atoms with Crippen LogP contribution in [0.5, 0.6) is 0 Å². The molecule has 0 aliphatic heterocycles. The van der Waals surface area contributed by atoms with Crippen molar-refractivity contribution in [3.8, 4) is 0 Å². The van der Waals surface area contributed by atoms with Crippen LogP contribution in [-0.2, 0) is 11.2 Å². The molecule has 0 amide bonds. The van der Waals surface area contributed by atoms with Crippen LogP contribution < -0.4 is 0 Å². The number of aromatic nitrogens is 1. The summed E-state index contributed by atoms with van der Waals surface area (Å²) in [5.74, 6) is 0. The molecule has 0 saturated heterocycles. The summed E-state index contributed by atoms with van der Waals surface area (Å²) in [5.41, 5.74) is 1.02. The van der Waals surface area contributed by atoms with E-state index >= 15 is 0 Å². The summed E-state index contributed by atoms with van der Waals surface area (Å²) < 4.78 is 6.50. The van der Waals surface area contributed by atoms with E-state index in [4.69, 9.17) is 4.74 Å². The quantitative estimate of drug-likeness (QED) is 0.842. The van der Waals surface area contributed by atoms with Crippen LogP contribution in [0.1, 0.15) is 32.3 Å². The lowest BCUT2D eigenvalue weighted by atomic mass is 10.0. The molecule has 1 heterocycles. The number of halogens is 1. The third-order valence-electron chi connectivity index (χ3n) is 2.59. The van der Waals surface area contributed by atoms with Crippen LogP contribution in [0.25, 0.3) is 0 Å². The fourth-order valence-corrected chi connectivity index (χ4v) is 2.24. The molecule has 2 unspecified atom stereocenters. The molecule has 1 rings (SSSR count). The highest BCUT2D eigenvalue weighted by molar-refractivity contribution is 9.10. The maximum absolute atomic E-state index is 10.1. The van der Waals surface area contributed by atoms with E-state index in [-0.39, 0.29) is 6.10 Å². The van der Waals surface area contributed by atoms with Gasteiger partial charge in [0, 0.05) is 29.9 Å². The Hall–Kier alpha value is -0.450. The van der Waals surface area contributed by atoms with Crippen molar-refractivity contribution in [1.82, 2.24) is 4.98 Å². The fraction of sp³-hybridized carbons (Fsp3) is 0.615. The highest BCUT2D eigenvalue weighted by atomic mass is 79.9. The van der Waals surface area contributed by atoms with Gasteiger partial charge < -0.3 is 9.84 Å². The monoisotopic (exact) mass is 301 g/mol. The molecule has 0 saturated carbocycles. The van der Waals surface area contributed by atoms with E-state index in [0.29, 0.717) is 13.0 Å². The first-order chi connectivity index (χ1) is 8.17. The zero-order chi connectivity index (χ0) is 12.7. The number of pyridine rings is 1. The van der Waals surface area contributed by atoms with Gasteiger partial charge in [0.25, 0.3) is 0 Å². The van der Waals surface area contributed by atoms with Crippen molar-refractivity contribution in [1.29, 1.82) is 0 Å². The van der Waals surface area contributed by atoms with E-state index in [1.165, 1.54) is 0 Å². The normalized spacial score (nSPS) is 14.6. The van der Waals surface area contributed by atoms with Crippen LogP contribution in [0, 0.1) is 0 Å². The number of hydrogen-bond acceptors (Lipinski definition) is 3. The molecule has 2 atom stereocenters. The summed E-state index contributed by atoms with van der Waals surface area (Å²) in [6.07, 6.45) is 5.45. The van der Waals surface area contributed by atoms with Gasteiger partial charge in [0.05, 0.1) is 12.2 Å². The predicted octanol–water partition coefficient (Wildman–Crippen LogP) is 2.95. The second-order valence-electron chi connectivity index (χ2n) is 4.07. The lowest BCUT2D eigenvalue weighted by Gasteiger charge is -2.22. The van der Waals surface area contributed by atoms with Crippen molar-refractivity contribution in [2.75, 3.05) is 6.61 Å². The Bertz CT molecular complexity index is 327. The van der Waals surface area contributed by atoms with Crippen LogP contribution in [0.2, 0.25) is 0 Å². The summed E-state index contributed by atoms with van der Waals surface area (Å²) in [4.78, 5) is 4.09. The van der Waals surface area contributed by atoms with E-state index in [9.17, 15) is 5.11 Å². The molecule has 3 nitrogen and oxygen atoms in total. The Morgan fingerprint density at radius 3 is 2.76 bits per heavy atom. The van der Waals surface area contributed by atoms with Gasteiger partial charge in [-0.2, -0.15) is 0 Å². The zero-order valence-electron chi connectivity index (χ0n) is 10.4. The second kappa shape index (κ2) is 7.80. The molecular weight excluding hydrogens is 282 g/mol. The Labute approximate surface area is 111 Å². The van der Waals surface area contributed by atoms with Gasteiger partial charge in [0.15, 0.2) is 0 Å². The van der Waals surface area contributed by atoms with Gasteiger partial charge >= 0.3 is 0 Å². The minimum absolute atomic E-state index is 0.0796. The van der Waals surface area contributed by atoms with Crippen LogP contribution in [0.3, 0.4) is 0 Å². The summed E-state index contributed by atoms with van der Waals surface area (Å²) >= 11 is 3.38. The van der Waals surface area contributed by atoms with Crippen LogP contribution in [0.15, 0.2) is 22.9 Å². The Morgan fingerprint density at radius 2 is 2.18 bits per heavy atom. The Morgan fingerprint density at radius 1 is 1.41 bits per heavy atom. The average molecular weight is 302 g/mol. The average Bonchev–Trinajstić information content (AvgIpc) is 2.28. The van der Waals surface area contributed by atoms with E-state index in [1.807, 2.05) is 13.0 Å². The second-order valence-corrected chi connectivity index (χ2v) is 4.98. The van der Waals surface area contributed by atoms with E-state index < -0.39 is 6.10 Å². The summed E-state index contributed by atoms with van der Waals surface area (Å²) in [6.45, 7) is 4.69. The molecule has 96 valence electrons. The molecular formula is C13H20BrNO2. The third-order valence-corrected chi connectivity index (χ3v) is 3.02. The summed E-state index contributed by atoms with van der Waals surface area (Å²) in [5, 5.41) is 10.1. The number of hydrogen-bond donors (Lipinski definition) is 1. The van der Waals surface area contributed by atoms with Crippen molar-refractivity contribution < 1.29 is 9.84 Å². The molecule has 0 aromatic carbocycles. The van der Waals surface area contributed by atoms with Gasteiger partial charge in [0.1, 0.15) is 0 Å². The maximum atomic E-state index is 10.1. The number of aliphatic hydroxyl groups is 1. The highest BCUT2D eigenvalue weighted by Crippen LogP contribution is 2.15. The largest absolute Gasteiger partial charge is 0.390 e. The van der Waals surface area contributed by atoms with Crippen molar-refractivity contribution in [2.45, 2.75) is 45.3 Å². The first-order valence-electron chi connectivity index (χ1n) is 6.06. The summed E-state index contributed by atoms with van der Waals surface area (Å²) in [7, 11) is 0. The van der Waals surface area contributed by atoms with Gasteiger partial charge in [-0.3, -0.25) is 4.98 Å². The summed E-state index contributed by atoms with van der Waals surface area (Å²) in [6, 6.07) is 1.98. The molecule has 0 aliphatic carbocycles. The lowest BCUT2D eigenvalue weighted by Crippen LogP contribution is -2.31. The van der Waals surface area contributed by atoms with Gasteiger partial charge in [-0.05, 0) is 40.9 Å². The molecule has 17 heavy (non-hydrogen) atoms. The van der Waals surface area contributed by atoms with E-state index in [1.54, 1.807) is 12.4 Å². The molecule has 4 heteroatoms. The standard InChI is InChI=1S/C13H20BrNO2/c1-3-5-13(17-4-2)12(16)7-10-6-11(14)9-15-8-10/h6,8-9,12-13,16H,3-5,7H2,1-2H3. The van der Waals surface area contributed by atoms with Crippen LogP contribution in [-0.4, -0.2) is 28.9 Å². The Balaban J connectivity index is 2.59. The van der Waals surface area contributed by atoms with Crippen LogP contribution >= 0.6 is 15.9 Å². The molecule has 0 fully saturated rings. The van der Waals surface area contributed by atoms with Crippen molar-refractivity contribution in [2.24, 2.45) is 0 Å². The van der Waals surface area contributed by atoms with Crippen LogP contribution in [0.4, 0.5) is 0 Å². The maximum Gasteiger partial charge on any atom is 0.0842 e. The van der Waals surface area contributed by atoms with Gasteiger partial charge in [-0.25, -0.2) is 0 Å². The van der Waals surface area contributed by atoms with Gasteiger partial charge in [0.2, 0.25) is 0 Å². The van der Waals surface area contributed by atoms with Crippen molar-refractivity contribution in [3.05, 3.63) is 28.5 Å². The minimum Gasteiger partial charge on any atom is -0.390 e. The molecule has 0 spiro atoms. The molecule has 0 aliphatic rings. The molecule has 1 aromatic heterocycles. The number of ether oxygens (including phenoxy) is 1. The minimum atomic E-state index is -0.467. The Kier molecular flexibility index (Phi) is 6.70. The molecule has 0 bridgehead atoms. The third kappa shape index (κ3) is 5.15. The molecule has 1 aromatic rings. The predicted molar refractivity (Wildman–Crippen MR) is 72.0 cm³/mol. The van der Waals surface area contributed by atoms with E-state index in [2.05, 4.69) is 27.8 Å². The van der Waals surface area contributed by atoms with E-state index in [0.717, 1.165) is 22.9 Å². The lowest BCUT2D eigenvalue weighted by molar-refractivity contribution is -0.0363. The smallest absolute Gasteiger partial charge is 0.0842 e. The number of rotatable bonds is 7. The number of aliphatic hydroxyl groups excluding tert-OH is 1. The first-order valence-corrected chi connectivity index (χ1v) is 6.85. The molecule has 0 radical (unpaired) electrons. The SMILES string of the molecule is CCCC(OCC)C(O)Cc1cncc(Br)c1. The fourth-order valence-electron chi connectivity index (χ4n) is 1.83.